The van der Waals surface area contributed by atoms with Gasteiger partial charge in [-0.1, -0.05) is 0 Å². The van der Waals surface area contributed by atoms with Gasteiger partial charge in [-0.3, -0.25) is 4.98 Å². The summed E-state index contributed by atoms with van der Waals surface area (Å²) in [6, 6.07) is 1.99. The molecule has 0 saturated carbocycles. The van der Waals surface area contributed by atoms with Gasteiger partial charge in [-0.15, -0.1) is 11.3 Å². The highest BCUT2D eigenvalue weighted by molar-refractivity contribution is 7.17. The van der Waals surface area contributed by atoms with Gasteiger partial charge in [-0.25, -0.2) is 0 Å². The zero-order chi connectivity index (χ0) is 11.1. The van der Waals surface area contributed by atoms with Gasteiger partial charge in [0.05, 0.1) is 27.7 Å². The summed E-state index contributed by atoms with van der Waals surface area (Å²) in [5.41, 5.74) is 8.30. The van der Waals surface area contributed by atoms with Gasteiger partial charge in [0, 0.05) is 12.7 Å². The molecule has 2 aromatic heterocycles. The number of hydrogen-bond donors (Lipinski definition) is 1. The van der Waals surface area contributed by atoms with Gasteiger partial charge in [0.1, 0.15) is 0 Å². The molecule has 0 spiro atoms. The lowest BCUT2D eigenvalue weighted by Crippen LogP contribution is -2.21. The Kier molecular flexibility index (Phi) is 2.40. The Balaban J connectivity index is 2.77. The van der Waals surface area contributed by atoms with Crippen molar-refractivity contribution in [1.82, 2.24) is 4.98 Å². The number of nitrogen functional groups attached to an aromatic ring is 1. The number of nitrogens with two attached hydrogens (primary N) is 1. The van der Waals surface area contributed by atoms with Crippen LogP contribution in [0, 0.1) is 0 Å². The van der Waals surface area contributed by atoms with Gasteiger partial charge >= 0.3 is 0 Å². The molecule has 0 bridgehead atoms. The molecule has 2 N–H and O–H groups in total. The Morgan fingerprint density at radius 1 is 1.47 bits per heavy atom. The zero-order valence-electron chi connectivity index (χ0n) is 9.07. The molecule has 0 aliphatic carbocycles. The van der Waals surface area contributed by atoms with Gasteiger partial charge in [0.15, 0.2) is 0 Å². The standard InChI is InChI=1S/C11H14N2OS/c1-11(2,14-3)9-7(12)6-13-8-4-5-15-10(8)9/h4-6H,12H2,1-3H3. The number of methoxy groups -OCH3 is 1. The Morgan fingerprint density at radius 3 is 2.87 bits per heavy atom. The minimum Gasteiger partial charge on any atom is -0.397 e. The van der Waals surface area contributed by atoms with Gasteiger partial charge in [0.25, 0.3) is 0 Å². The van der Waals surface area contributed by atoms with Crippen molar-refractivity contribution in [3.8, 4) is 0 Å². The molecule has 15 heavy (non-hydrogen) atoms. The Hall–Kier alpha value is -1.13. The van der Waals surface area contributed by atoms with Crippen LogP contribution in [0.25, 0.3) is 10.2 Å². The second-order valence-electron chi connectivity index (χ2n) is 3.94. The van der Waals surface area contributed by atoms with Crippen molar-refractivity contribution in [3.63, 3.8) is 0 Å². The molecule has 0 amide bonds. The molecule has 0 atom stereocenters. The molecular weight excluding hydrogens is 208 g/mol. The van der Waals surface area contributed by atoms with E-state index in [2.05, 4.69) is 4.98 Å². The molecule has 0 radical (unpaired) electrons. The van der Waals surface area contributed by atoms with Crippen LogP contribution in [0.15, 0.2) is 17.6 Å². The first-order valence-electron chi connectivity index (χ1n) is 4.73. The average Bonchev–Trinajstić information content (AvgIpc) is 2.64. The second-order valence-corrected chi connectivity index (χ2v) is 4.85. The van der Waals surface area contributed by atoms with Crippen LogP contribution in [-0.4, -0.2) is 12.1 Å². The molecule has 80 valence electrons. The lowest BCUT2D eigenvalue weighted by molar-refractivity contribution is 0.0212. The number of thiophene rings is 1. The Morgan fingerprint density at radius 2 is 2.20 bits per heavy atom. The number of nitrogens with zero attached hydrogens (tertiary/aromatic N) is 1. The zero-order valence-corrected chi connectivity index (χ0v) is 9.89. The van der Waals surface area contributed by atoms with E-state index in [1.54, 1.807) is 24.6 Å². The first-order chi connectivity index (χ1) is 7.06. The number of fused-ring (bicyclic) bond motifs is 1. The molecule has 0 saturated heterocycles. The van der Waals surface area contributed by atoms with E-state index in [1.165, 1.54) is 0 Å². The maximum Gasteiger partial charge on any atom is 0.0906 e. The summed E-state index contributed by atoms with van der Waals surface area (Å²) in [6.07, 6.45) is 1.70. The number of rotatable bonds is 2. The van der Waals surface area contributed by atoms with Crippen LogP contribution in [0.1, 0.15) is 19.4 Å². The van der Waals surface area contributed by atoms with Crippen molar-refractivity contribution in [3.05, 3.63) is 23.2 Å². The van der Waals surface area contributed by atoms with Crippen molar-refractivity contribution < 1.29 is 4.74 Å². The molecule has 0 aliphatic rings. The van der Waals surface area contributed by atoms with Crippen LogP contribution in [0.2, 0.25) is 0 Å². The van der Waals surface area contributed by atoms with Crippen LogP contribution >= 0.6 is 11.3 Å². The fourth-order valence-corrected chi connectivity index (χ4v) is 2.71. The predicted octanol–water partition coefficient (Wildman–Crippen LogP) is 2.76. The van der Waals surface area contributed by atoms with Crippen LogP contribution in [0.5, 0.6) is 0 Å². The highest BCUT2D eigenvalue weighted by Gasteiger charge is 2.25. The van der Waals surface area contributed by atoms with Crippen molar-refractivity contribution >= 4 is 27.2 Å². The van der Waals surface area contributed by atoms with E-state index >= 15 is 0 Å². The fraction of sp³-hybridized carbons (Fsp3) is 0.364. The van der Waals surface area contributed by atoms with Gasteiger partial charge in [-0.05, 0) is 25.3 Å². The third kappa shape index (κ3) is 1.60. The maximum absolute atomic E-state index is 5.97. The minimum absolute atomic E-state index is 0.379. The number of aromatic nitrogens is 1. The van der Waals surface area contributed by atoms with Crippen LogP contribution in [0.4, 0.5) is 5.69 Å². The third-order valence-corrected chi connectivity index (χ3v) is 3.54. The summed E-state index contributed by atoms with van der Waals surface area (Å²) in [4.78, 5) is 4.28. The monoisotopic (exact) mass is 222 g/mol. The van der Waals surface area contributed by atoms with Crippen LogP contribution < -0.4 is 5.73 Å². The van der Waals surface area contributed by atoms with Crippen molar-refractivity contribution in [1.29, 1.82) is 0 Å². The van der Waals surface area contributed by atoms with Crippen molar-refractivity contribution in [2.24, 2.45) is 0 Å². The summed E-state index contributed by atoms with van der Waals surface area (Å²) < 4.78 is 6.59. The van der Waals surface area contributed by atoms with Gasteiger partial charge in [0.2, 0.25) is 0 Å². The van der Waals surface area contributed by atoms with E-state index in [1.807, 2.05) is 25.3 Å². The number of ether oxygens (including phenoxy) is 1. The Labute approximate surface area is 92.9 Å². The molecule has 0 aromatic carbocycles. The van der Waals surface area contributed by atoms with Crippen molar-refractivity contribution in [2.45, 2.75) is 19.4 Å². The van der Waals surface area contributed by atoms with E-state index in [4.69, 9.17) is 10.5 Å². The molecule has 2 rings (SSSR count). The first kappa shape index (κ1) is 10.4. The summed E-state index contributed by atoms with van der Waals surface area (Å²) in [5, 5.41) is 2.02. The fourth-order valence-electron chi connectivity index (χ4n) is 1.65. The number of anilines is 1. The quantitative estimate of drug-likeness (QED) is 0.850. The summed E-state index contributed by atoms with van der Waals surface area (Å²) in [5.74, 6) is 0. The van der Waals surface area contributed by atoms with E-state index < -0.39 is 0 Å². The predicted molar refractivity (Wildman–Crippen MR) is 64.1 cm³/mol. The average molecular weight is 222 g/mol. The molecule has 2 aromatic rings. The van der Waals surface area contributed by atoms with E-state index in [-0.39, 0.29) is 5.60 Å². The normalized spacial score (nSPS) is 12.2. The molecule has 0 aliphatic heterocycles. The molecule has 0 fully saturated rings. The lowest BCUT2D eigenvalue weighted by Gasteiger charge is -2.25. The highest BCUT2D eigenvalue weighted by atomic mass is 32.1. The van der Waals surface area contributed by atoms with Crippen molar-refractivity contribution in [2.75, 3.05) is 12.8 Å². The molecular formula is C11H14N2OS. The highest BCUT2D eigenvalue weighted by Crippen LogP contribution is 2.36. The summed E-state index contributed by atoms with van der Waals surface area (Å²) >= 11 is 1.65. The number of pyridine rings is 1. The van der Waals surface area contributed by atoms with Crippen LogP contribution in [-0.2, 0) is 10.3 Å². The maximum atomic E-state index is 5.97. The third-order valence-electron chi connectivity index (χ3n) is 2.62. The minimum atomic E-state index is -0.379. The molecule has 3 nitrogen and oxygen atoms in total. The number of hydrogen-bond acceptors (Lipinski definition) is 4. The van der Waals surface area contributed by atoms with E-state index in [9.17, 15) is 0 Å². The molecule has 4 heteroatoms. The Bertz CT molecular complexity index is 490. The SMILES string of the molecule is COC(C)(C)c1c(N)cnc2ccsc12. The first-order valence-corrected chi connectivity index (χ1v) is 5.61. The van der Waals surface area contributed by atoms with Gasteiger partial charge < -0.3 is 10.5 Å². The molecule has 0 unspecified atom stereocenters. The summed E-state index contributed by atoms with van der Waals surface area (Å²) in [7, 11) is 1.69. The van der Waals surface area contributed by atoms with E-state index in [0.717, 1.165) is 15.8 Å². The molecule has 2 heterocycles. The van der Waals surface area contributed by atoms with Gasteiger partial charge in [-0.2, -0.15) is 0 Å². The van der Waals surface area contributed by atoms with E-state index in [0.29, 0.717) is 5.69 Å². The topological polar surface area (TPSA) is 48.1 Å². The largest absolute Gasteiger partial charge is 0.397 e. The van der Waals surface area contributed by atoms with Crippen LogP contribution in [0.3, 0.4) is 0 Å². The summed E-state index contributed by atoms with van der Waals surface area (Å²) in [6.45, 7) is 4.02. The lowest BCUT2D eigenvalue weighted by atomic mass is 9.97. The second kappa shape index (κ2) is 3.47. The smallest absolute Gasteiger partial charge is 0.0906 e.